The summed E-state index contributed by atoms with van der Waals surface area (Å²) in [5.74, 6) is -1.07. The fraction of sp³-hybridized carbons (Fsp3) is 0.125. The zero-order valence-corrected chi connectivity index (χ0v) is 7.93. The van der Waals surface area contributed by atoms with E-state index in [2.05, 4.69) is 0 Å². The number of carboxylic acids is 1. The molecule has 5 heteroatoms. The first-order chi connectivity index (χ1) is 6.09. The summed E-state index contributed by atoms with van der Waals surface area (Å²) >= 11 is 11.3. The minimum absolute atomic E-state index is 0.235. The summed E-state index contributed by atoms with van der Waals surface area (Å²) in [6.07, 6.45) is 0. The topological polar surface area (TPSA) is 49.4 Å². The third kappa shape index (κ3) is 3.13. The van der Waals surface area contributed by atoms with E-state index in [1.54, 1.807) is 6.07 Å². The number of ether oxygens (including phenoxy) is 1. The number of hydrogen-bond acceptors (Lipinski definition) is 3. The fourth-order valence-electron chi connectivity index (χ4n) is 0.724. The highest BCUT2D eigenvalue weighted by Crippen LogP contribution is 2.27. The lowest BCUT2D eigenvalue weighted by molar-refractivity contribution is -0.307. The van der Waals surface area contributed by atoms with E-state index in [9.17, 15) is 9.90 Å². The summed E-state index contributed by atoms with van der Waals surface area (Å²) in [4.78, 5) is 10.1. The van der Waals surface area contributed by atoms with E-state index < -0.39 is 12.6 Å². The monoisotopic (exact) mass is 219 g/mol. The van der Waals surface area contributed by atoms with E-state index in [0.717, 1.165) is 0 Å². The van der Waals surface area contributed by atoms with Crippen molar-refractivity contribution in [2.24, 2.45) is 0 Å². The van der Waals surface area contributed by atoms with Gasteiger partial charge in [-0.15, -0.1) is 0 Å². The van der Waals surface area contributed by atoms with E-state index in [4.69, 9.17) is 27.9 Å². The van der Waals surface area contributed by atoms with Crippen LogP contribution in [-0.4, -0.2) is 12.6 Å². The van der Waals surface area contributed by atoms with Gasteiger partial charge in [0.1, 0.15) is 12.4 Å². The van der Waals surface area contributed by atoms with Crippen molar-refractivity contribution in [1.82, 2.24) is 0 Å². The van der Waals surface area contributed by atoms with Crippen molar-refractivity contribution in [3.05, 3.63) is 28.2 Å². The Morgan fingerprint density at radius 1 is 1.46 bits per heavy atom. The van der Waals surface area contributed by atoms with Crippen molar-refractivity contribution >= 4 is 29.2 Å². The Bertz CT molecular complexity index is 325. The lowest BCUT2D eigenvalue weighted by atomic mass is 10.3. The van der Waals surface area contributed by atoms with Crippen LogP contribution < -0.4 is 9.84 Å². The molecule has 0 unspecified atom stereocenters. The average Bonchev–Trinajstić information content (AvgIpc) is 2.06. The predicted octanol–water partition coefficient (Wildman–Crippen LogP) is 1.12. The number of carboxylic acid groups (broad SMARTS) is 1. The predicted molar refractivity (Wildman–Crippen MR) is 47.0 cm³/mol. The summed E-state index contributed by atoms with van der Waals surface area (Å²) < 4.78 is 4.80. The molecular formula is C8H5Cl2O3-. The maximum atomic E-state index is 10.1. The molecule has 0 aliphatic heterocycles. The van der Waals surface area contributed by atoms with Crippen molar-refractivity contribution in [2.75, 3.05) is 6.61 Å². The van der Waals surface area contributed by atoms with Gasteiger partial charge < -0.3 is 14.6 Å². The van der Waals surface area contributed by atoms with Crippen LogP contribution in [0.5, 0.6) is 5.75 Å². The second kappa shape index (κ2) is 4.35. The van der Waals surface area contributed by atoms with Crippen LogP contribution in [0.25, 0.3) is 0 Å². The van der Waals surface area contributed by atoms with Gasteiger partial charge in [0.15, 0.2) is 0 Å². The molecule has 0 aromatic heterocycles. The van der Waals surface area contributed by atoms with Gasteiger partial charge in [0.25, 0.3) is 0 Å². The summed E-state index contributed by atoms with van der Waals surface area (Å²) in [6.45, 7) is -0.542. The molecule has 0 atom stereocenters. The maximum absolute atomic E-state index is 10.1. The maximum Gasteiger partial charge on any atom is 0.139 e. The van der Waals surface area contributed by atoms with Crippen LogP contribution >= 0.6 is 23.2 Å². The molecule has 0 saturated carbocycles. The molecule has 3 nitrogen and oxygen atoms in total. The van der Waals surface area contributed by atoms with Gasteiger partial charge in [-0.2, -0.15) is 0 Å². The van der Waals surface area contributed by atoms with Crippen LogP contribution in [0.4, 0.5) is 0 Å². The third-order valence-corrected chi connectivity index (χ3v) is 1.79. The molecule has 0 saturated heterocycles. The van der Waals surface area contributed by atoms with E-state index in [-0.39, 0.29) is 5.75 Å². The lowest BCUT2D eigenvalue weighted by Crippen LogP contribution is -2.28. The molecule has 70 valence electrons. The highest BCUT2D eigenvalue weighted by atomic mass is 35.5. The quantitative estimate of drug-likeness (QED) is 0.766. The normalized spacial score (nSPS) is 9.69. The molecule has 0 heterocycles. The van der Waals surface area contributed by atoms with Crippen molar-refractivity contribution in [3.63, 3.8) is 0 Å². The van der Waals surface area contributed by atoms with Crippen molar-refractivity contribution in [3.8, 4) is 5.75 Å². The van der Waals surface area contributed by atoms with E-state index in [0.29, 0.717) is 10.0 Å². The van der Waals surface area contributed by atoms with Gasteiger partial charge in [-0.25, -0.2) is 0 Å². The summed E-state index contributed by atoms with van der Waals surface area (Å²) in [6, 6.07) is 4.54. The largest absolute Gasteiger partial charge is 0.546 e. The molecular weight excluding hydrogens is 215 g/mol. The van der Waals surface area contributed by atoms with E-state index in [1.165, 1.54) is 12.1 Å². The highest BCUT2D eigenvalue weighted by molar-refractivity contribution is 6.34. The lowest BCUT2D eigenvalue weighted by Gasteiger charge is -2.08. The SMILES string of the molecule is O=C([O-])COc1cc(Cl)ccc1Cl. The second-order valence-corrected chi connectivity index (χ2v) is 3.08. The molecule has 0 radical (unpaired) electrons. The van der Waals surface area contributed by atoms with Crippen molar-refractivity contribution in [2.45, 2.75) is 0 Å². The molecule has 0 bridgehead atoms. The van der Waals surface area contributed by atoms with Crippen molar-refractivity contribution in [1.29, 1.82) is 0 Å². The van der Waals surface area contributed by atoms with Crippen LogP contribution in [0.1, 0.15) is 0 Å². The number of halogens is 2. The summed E-state index contributed by atoms with van der Waals surface area (Å²) in [5.41, 5.74) is 0. The highest BCUT2D eigenvalue weighted by Gasteiger charge is 2.01. The first-order valence-electron chi connectivity index (χ1n) is 3.37. The number of benzene rings is 1. The molecule has 1 aromatic carbocycles. The minimum Gasteiger partial charge on any atom is -0.546 e. The third-order valence-electron chi connectivity index (χ3n) is 1.24. The molecule has 0 fully saturated rings. The minimum atomic E-state index is -1.31. The molecule has 0 amide bonds. The standard InChI is InChI=1S/C8H6Cl2O3/c9-5-1-2-6(10)7(3-5)13-4-8(11)12/h1-3H,4H2,(H,11,12)/p-1. The number of rotatable bonds is 3. The molecule has 0 aliphatic rings. The van der Waals surface area contributed by atoms with Gasteiger partial charge in [-0.3, -0.25) is 0 Å². The van der Waals surface area contributed by atoms with Crippen LogP contribution in [0.3, 0.4) is 0 Å². The number of carbonyl (C=O) groups excluding carboxylic acids is 1. The molecule has 1 aromatic rings. The van der Waals surface area contributed by atoms with Gasteiger partial charge in [0.05, 0.1) is 11.0 Å². The second-order valence-electron chi connectivity index (χ2n) is 2.24. The Labute approximate surface area is 84.8 Å². The summed E-state index contributed by atoms with van der Waals surface area (Å²) in [7, 11) is 0. The van der Waals surface area contributed by atoms with Gasteiger partial charge >= 0.3 is 0 Å². The van der Waals surface area contributed by atoms with Gasteiger partial charge in [0.2, 0.25) is 0 Å². The number of hydrogen-bond donors (Lipinski definition) is 0. The Balaban J connectivity index is 2.75. The Hall–Kier alpha value is -0.930. The van der Waals surface area contributed by atoms with Gasteiger partial charge in [-0.05, 0) is 12.1 Å². The fourth-order valence-corrected chi connectivity index (χ4v) is 1.06. The van der Waals surface area contributed by atoms with Gasteiger partial charge in [0, 0.05) is 11.1 Å². The Morgan fingerprint density at radius 3 is 2.77 bits per heavy atom. The Morgan fingerprint density at radius 2 is 2.15 bits per heavy atom. The Kier molecular flexibility index (Phi) is 3.39. The molecule has 13 heavy (non-hydrogen) atoms. The first-order valence-corrected chi connectivity index (χ1v) is 4.13. The number of carbonyl (C=O) groups is 1. The molecule has 0 spiro atoms. The van der Waals surface area contributed by atoms with E-state index in [1.807, 2.05) is 0 Å². The number of aliphatic carboxylic acids is 1. The van der Waals surface area contributed by atoms with E-state index >= 15 is 0 Å². The van der Waals surface area contributed by atoms with Crippen molar-refractivity contribution < 1.29 is 14.6 Å². The van der Waals surface area contributed by atoms with Crippen LogP contribution in [0, 0.1) is 0 Å². The zero-order valence-electron chi connectivity index (χ0n) is 6.42. The summed E-state index contributed by atoms with van der Waals surface area (Å²) in [5, 5.41) is 10.8. The zero-order chi connectivity index (χ0) is 9.84. The van der Waals surface area contributed by atoms with Crippen LogP contribution in [-0.2, 0) is 4.79 Å². The first kappa shape index (κ1) is 10.2. The van der Waals surface area contributed by atoms with Crippen LogP contribution in [0.15, 0.2) is 18.2 Å². The van der Waals surface area contributed by atoms with Crippen LogP contribution in [0.2, 0.25) is 10.0 Å². The molecule has 0 N–H and O–H groups in total. The average molecular weight is 220 g/mol. The molecule has 1 rings (SSSR count). The molecule has 0 aliphatic carbocycles. The van der Waals surface area contributed by atoms with Gasteiger partial charge in [-0.1, -0.05) is 23.2 Å². The smallest absolute Gasteiger partial charge is 0.139 e.